The lowest BCUT2D eigenvalue weighted by atomic mass is 9.70. The number of ether oxygens (including phenoxy) is 3. The number of aliphatic hydroxyl groups is 2. The molecule has 2 saturated heterocycles. The van der Waals surface area contributed by atoms with Gasteiger partial charge < -0.3 is 39.6 Å². The van der Waals surface area contributed by atoms with Crippen molar-refractivity contribution >= 4 is 44.0 Å². The smallest absolute Gasteiger partial charge is 0.297 e. The van der Waals surface area contributed by atoms with E-state index < -0.39 is 48.5 Å². The quantitative estimate of drug-likeness (QED) is 0.0552. The van der Waals surface area contributed by atoms with Crippen LogP contribution in [0, 0.1) is 27.3 Å². The molecule has 2 aliphatic carbocycles. The Labute approximate surface area is 412 Å². The topological polar surface area (TPSA) is 222 Å². The van der Waals surface area contributed by atoms with Gasteiger partial charge in [0.25, 0.3) is 27.5 Å². The minimum Gasteiger partial charge on any atom is -0.489 e. The van der Waals surface area contributed by atoms with E-state index in [1.54, 1.807) is 26.0 Å². The number of sulfonamides is 1. The average molecular weight is 996 g/mol. The first kappa shape index (κ1) is 48.6. The van der Waals surface area contributed by atoms with Crippen LogP contribution in [0.25, 0.3) is 11.0 Å². The molecule has 4 fully saturated rings. The van der Waals surface area contributed by atoms with E-state index in [-0.39, 0.29) is 76.0 Å². The normalized spacial score (nSPS) is 24.4. The van der Waals surface area contributed by atoms with Crippen molar-refractivity contribution in [2.75, 3.05) is 49.6 Å². The van der Waals surface area contributed by atoms with Gasteiger partial charge in [0.15, 0.2) is 17.2 Å². The zero-order valence-electron chi connectivity index (χ0n) is 40.5. The van der Waals surface area contributed by atoms with Gasteiger partial charge >= 0.3 is 0 Å². The molecule has 378 valence electrons. The zero-order valence-corrected chi connectivity index (χ0v) is 41.3. The number of hydrogen-bond donors (Lipinski definition) is 5. The number of pyridine rings is 1. The highest BCUT2D eigenvalue weighted by Crippen LogP contribution is 2.50. The number of benzene rings is 3. The van der Waals surface area contributed by atoms with E-state index in [1.807, 2.05) is 26.0 Å². The van der Waals surface area contributed by atoms with Gasteiger partial charge in [-0.3, -0.25) is 19.8 Å². The number of amides is 1. The summed E-state index contributed by atoms with van der Waals surface area (Å²) in [5.41, 5.74) is 0.931. The number of nitro benzene ring substituents is 1. The lowest BCUT2D eigenvalue weighted by molar-refractivity contribution is -0.384. The van der Waals surface area contributed by atoms with Crippen LogP contribution in [0.2, 0.25) is 0 Å². The molecule has 17 nitrogen and oxygen atoms in total. The molecule has 5 heterocycles. The molecule has 10 rings (SSSR count). The summed E-state index contributed by atoms with van der Waals surface area (Å²) in [5.74, 6) is -1.34. The van der Waals surface area contributed by atoms with Gasteiger partial charge in [-0.1, -0.05) is 30.7 Å². The van der Waals surface area contributed by atoms with Gasteiger partial charge in [-0.15, -0.1) is 0 Å². The van der Waals surface area contributed by atoms with E-state index in [1.165, 1.54) is 17.7 Å². The van der Waals surface area contributed by atoms with Crippen LogP contribution in [0.4, 0.5) is 21.5 Å². The first-order chi connectivity index (χ1) is 33.8. The summed E-state index contributed by atoms with van der Waals surface area (Å²) >= 11 is 0. The third-order valence-electron chi connectivity index (χ3n) is 15.7. The fourth-order valence-corrected chi connectivity index (χ4v) is 12.8. The van der Waals surface area contributed by atoms with Crippen LogP contribution in [0.5, 0.6) is 23.1 Å². The molecule has 5 aliphatic rings. The fraction of sp³-hybridized carbons (Fsp3) is 0.500. The maximum absolute atomic E-state index is 14.9. The van der Waals surface area contributed by atoms with Gasteiger partial charge in [-0.2, -0.15) is 4.98 Å². The number of piperidine rings is 1. The zero-order chi connectivity index (χ0) is 50.0. The molecule has 3 aromatic carbocycles. The van der Waals surface area contributed by atoms with E-state index in [9.17, 15) is 37.9 Å². The molecule has 19 heteroatoms. The highest BCUT2D eigenvalue weighted by molar-refractivity contribution is 7.90. The predicted molar refractivity (Wildman–Crippen MR) is 264 cm³/mol. The highest BCUT2D eigenvalue weighted by atomic mass is 32.2. The van der Waals surface area contributed by atoms with Gasteiger partial charge in [0.1, 0.15) is 23.8 Å². The monoisotopic (exact) mass is 995 g/mol. The lowest BCUT2D eigenvalue weighted by Gasteiger charge is -2.57. The number of H-pyrrole nitrogens is 1. The molecule has 71 heavy (non-hydrogen) atoms. The number of carbonyl (C=O) groups excluding carboxylic acids is 1. The molecular weight excluding hydrogens is 934 g/mol. The third kappa shape index (κ3) is 9.60. The Balaban J connectivity index is 0.889. The molecule has 2 saturated carbocycles. The van der Waals surface area contributed by atoms with Crippen molar-refractivity contribution in [2.24, 2.45) is 11.3 Å². The Morgan fingerprint density at radius 1 is 1.04 bits per heavy atom. The van der Waals surface area contributed by atoms with Crippen molar-refractivity contribution in [1.29, 1.82) is 0 Å². The number of hydrogen-bond acceptors (Lipinski definition) is 14. The fourth-order valence-electron chi connectivity index (χ4n) is 11.8. The van der Waals surface area contributed by atoms with Crippen LogP contribution in [0.3, 0.4) is 0 Å². The second-order valence-corrected chi connectivity index (χ2v) is 22.8. The number of carbonyl (C=O) groups is 1. The number of nitrogens with one attached hydrogen (secondary N) is 3. The number of anilines is 2. The maximum atomic E-state index is 14.9. The average Bonchev–Trinajstić information content (AvgIpc) is 3.96. The second kappa shape index (κ2) is 18.5. The number of aromatic amines is 1. The summed E-state index contributed by atoms with van der Waals surface area (Å²) < 4.78 is 63.4. The summed E-state index contributed by atoms with van der Waals surface area (Å²) in [4.78, 5) is 37.5. The Morgan fingerprint density at radius 2 is 1.79 bits per heavy atom. The molecule has 1 amide bonds. The first-order valence-electron chi connectivity index (χ1n) is 24.7. The van der Waals surface area contributed by atoms with Crippen molar-refractivity contribution in [3.05, 3.63) is 99.5 Å². The van der Waals surface area contributed by atoms with E-state index >= 15 is 0 Å². The van der Waals surface area contributed by atoms with Crippen LogP contribution in [0.15, 0.2) is 71.8 Å². The number of halogens is 1. The van der Waals surface area contributed by atoms with Crippen molar-refractivity contribution < 1.29 is 46.9 Å². The van der Waals surface area contributed by atoms with Crippen LogP contribution >= 0.6 is 0 Å². The molecule has 0 unspecified atom stereocenters. The van der Waals surface area contributed by atoms with E-state index in [4.69, 9.17) is 14.2 Å². The Hall–Kier alpha value is -6.02. The van der Waals surface area contributed by atoms with Crippen LogP contribution in [0.1, 0.15) is 113 Å². The summed E-state index contributed by atoms with van der Waals surface area (Å²) in [6.07, 6.45) is 8.88. The minimum atomic E-state index is -4.77. The summed E-state index contributed by atoms with van der Waals surface area (Å²) in [7, 11) is -4.77. The molecule has 1 spiro atoms. The Bertz CT molecular complexity index is 2970. The van der Waals surface area contributed by atoms with Crippen molar-refractivity contribution in [2.45, 2.75) is 120 Å². The van der Waals surface area contributed by atoms with Gasteiger partial charge in [0, 0.05) is 68.4 Å². The number of likely N-dealkylation sites (tertiary alicyclic amines) is 1. The number of fused-ring (bicyclic) bond motifs is 2. The van der Waals surface area contributed by atoms with Crippen molar-refractivity contribution in [1.82, 2.24) is 19.6 Å². The first-order valence-corrected chi connectivity index (χ1v) is 26.2. The molecule has 5 N–H and O–H groups in total. The SMILES string of the molecule is CCOc1nc2[nH]cc(F)c2cc1Oc1cc(N2CCC3(CC2)CN([C@H]2CCC[C@H]2c2ccccc2C(C)(C)O)C3)ccc1C(=O)NS(=O)(=O)c1cc2c(c([N+](=O)[O-])c1)N[C@@H]([C@H]1CC[C@](C)(O)CC1)CO2. The van der Waals surface area contributed by atoms with Crippen LogP contribution in [-0.2, 0) is 15.6 Å². The van der Waals surface area contributed by atoms with Gasteiger partial charge in [0.05, 0.1) is 44.6 Å². The summed E-state index contributed by atoms with van der Waals surface area (Å²) in [6, 6.07) is 16.7. The second-order valence-electron chi connectivity index (χ2n) is 21.1. The van der Waals surface area contributed by atoms with Crippen LogP contribution < -0.4 is 29.1 Å². The van der Waals surface area contributed by atoms with Gasteiger partial charge in [-0.05, 0) is 120 Å². The van der Waals surface area contributed by atoms with E-state index in [2.05, 4.69) is 41.9 Å². The van der Waals surface area contributed by atoms with Gasteiger partial charge in [-0.25, -0.2) is 17.5 Å². The summed E-state index contributed by atoms with van der Waals surface area (Å²) in [5, 5.41) is 37.3. The Morgan fingerprint density at radius 3 is 2.51 bits per heavy atom. The molecule has 2 aromatic heterocycles. The largest absolute Gasteiger partial charge is 0.489 e. The molecule has 0 radical (unpaired) electrons. The van der Waals surface area contributed by atoms with Gasteiger partial charge in [0.2, 0.25) is 0 Å². The summed E-state index contributed by atoms with van der Waals surface area (Å²) in [6.45, 7) is 11.0. The predicted octanol–water partition coefficient (Wildman–Crippen LogP) is 8.50. The highest BCUT2D eigenvalue weighted by Gasteiger charge is 2.50. The maximum Gasteiger partial charge on any atom is 0.297 e. The number of rotatable bonds is 13. The molecular formula is C52H62FN7O10S. The number of nitro groups is 1. The molecule has 3 atom stereocenters. The lowest BCUT2D eigenvalue weighted by Crippen LogP contribution is -2.63. The van der Waals surface area contributed by atoms with E-state index in [0.717, 1.165) is 74.8 Å². The third-order valence-corrected chi connectivity index (χ3v) is 17.0. The van der Waals surface area contributed by atoms with Crippen molar-refractivity contribution in [3.8, 4) is 23.1 Å². The standard InChI is InChI=1S/C52H62FN7O10S/c1-5-68-49-45(26-37-39(53)27-54-47(37)56-49)70-43-23-32(58-21-19-52(20-22-58)29-59(30-52)41-12-8-10-35(41)34-9-6-7-11-38(34)50(2,3)62)13-14-36(43)48(61)57-71(66,67)33-24-42(60(64)65)46-44(25-33)69-28-40(55-46)31-15-17-51(4,63)18-16-31/h6-7,9,11,13-14,23-27,31,35,40-41,55,62-63H,5,8,10,12,15-22,28-30H2,1-4H3,(H,54,56)(H,57,61)/t31-,35-,40+,41-,51-/m0/s1. The molecule has 0 bridgehead atoms. The van der Waals surface area contributed by atoms with E-state index in [0.29, 0.717) is 50.7 Å². The molecule has 3 aliphatic heterocycles. The minimum absolute atomic E-state index is 0.0127. The Kier molecular flexibility index (Phi) is 12.7. The number of aromatic nitrogens is 2. The molecule has 5 aromatic rings. The number of nitrogens with zero attached hydrogens (tertiary/aromatic N) is 4. The van der Waals surface area contributed by atoms with Crippen molar-refractivity contribution in [3.63, 3.8) is 0 Å². The van der Waals surface area contributed by atoms with Crippen LogP contribution in [-0.4, -0.2) is 101 Å².